The lowest BCUT2D eigenvalue weighted by atomic mass is 10.1. The van der Waals surface area contributed by atoms with Crippen molar-refractivity contribution in [2.24, 2.45) is 0 Å². The number of hydrogen-bond acceptors (Lipinski definition) is 4. The first-order valence-electron chi connectivity index (χ1n) is 6.99. The summed E-state index contributed by atoms with van der Waals surface area (Å²) in [4.78, 5) is 11.6. The lowest BCUT2D eigenvalue weighted by Crippen LogP contribution is -2.27. The molecule has 1 heterocycles. The zero-order chi connectivity index (χ0) is 17.0. The zero-order valence-corrected chi connectivity index (χ0v) is 13.8. The van der Waals surface area contributed by atoms with E-state index >= 15 is 0 Å². The molecule has 0 saturated heterocycles. The topological polar surface area (TPSA) is 64.1 Å². The van der Waals surface area contributed by atoms with Crippen LogP contribution in [-0.2, 0) is 11.2 Å². The Balaban J connectivity index is 2.01. The molecule has 0 bridgehead atoms. The van der Waals surface area contributed by atoms with Crippen molar-refractivity contribution in [1.82, 2.24) is 10.2 Å². The second-order valence-corrected chi connectivity index (χ2v) is 6.39. The van der Waals surface area contributed by atoms with E-state index in [4.69, 9.17) is 16.3 Å². The van der Waals surface area contributed by atoms with E-state index < -0.39 is 17.5 Å². The van der Waals surface area contributed by atoms with Gasteiger partial charge in [-0.1, -0.05) is 17.7 Å². The maximum atomic E-state index is 13.7. The number of rotatable bonds is 3. The molecule has 1 aromatic carbocycles. The summed E-state index contributed by atoms with van der Waals surface area (Å²) in [6.45, 7) is 5.30. The van der Waals surface area contributed by atoms with E-state index in [0.29, 0.717) is 16.3 Å². The summed E-state index contributed by atoms with van der Waals surface area (Å²) < 4.78 is 18.9. The summed E-state index contributed by atoms with van der Waals surface area (Å²) in [5.41, 5.74) is 0.446. The minimum absolute atomic E-state index is 0.263. The molecular weight excluding hydrogens is 321 g/mol. The van der Waals surface area contributed by atoms with E-state index in [2.05, 4.69) is 15.5 Å². The minimum Gasteiger partial charge on any atom is -0.444 e. The lowest BCUT2D eigenvalue weighted by Gasteiger charge is -2.19. The van der Waals surface area contributed by atoms with E-state index in [9.17, 15) is 9.18 Å². The number of nitrogens with zero attached hydrogens (tertiary/aromatic N) is 2. The molecule has 0 unspecified atom stereocenters. The van der Waals surface area contributed by atoms with Crippen LogP contribution in [0.2, 0.25) is 5.02 Å². The molecule has 0 saturated carbocycles. The van der Waals surface area contributed by atoms with Gasteiger partial charge in [-0.2, -0.15) is 5.10 Å². The standard InChI is InChI=1S/C16H17ClFN3O2/c1-16(2,3)23-15(22)19-14-7-6-12(20-21-14)8-10-4-5-11(17)9-13(10)18/h4-7,9H,8H2,1-3H3,(H,19,21,22). The number of anilines is 1. The van der Waals surface area contributed by atoms with Crippen molar-refractivity contribution < 1.29 is 13.9 Å². The fourth-order valence-electron chi connectivity index (χ4n) is 1.79. The molecule has 122 valence electrons. The van der Waals surface area contributed by atoms with Crippen molar-refractivity contribution in [3.63, 3.8) is 0 Å². The fourth-order valence-corrected chi connectivity index (χ4v) is 1.95. The van der Waals surface area contributed by atoms with E-state index in [1.54, 1.807) is 45.0 Å². The zero-order valence-electron chi connectivity index (χ0n) is 13.1. The van der Waals surface area contributed by atoms with Crippen LogP contribution in [0.1, 0.15) is 32.0 Å². The molecule has 0 radical (unpaired) electrons. The van der Waals surface area contributed by atoms with Crippen LogP contribution in [-0.4, -0.2) is 21.9 Å². The summed E-state index contributed by atoms with van der Waals surface area (Å²) >= 11 is 5.71. The normalized spacial score (nSPS) is 11.2. The van der Waals surface area contributed by atoms with Gasteiger partial charge >= 0.3 is 6.09 Å². The second-order valence-electron chi connectivity index (χ2n) is 5.95. The number of aromatic nitrogens is 2. The highest BCUT2D eigenvalue weighted by molar-refractivity contribution is 6.30. The quantitative estimate of drug-likeness (QED) is 0.911. The molecule has 1 aromatic heterocycles. The van der Waals surface area contributed by atoms with E-state index in [-0.39, 0.29) is 12.2 Å². The summed E-state index contributed by atoms with van der Waals surface area (Å²) in [5.74, 6) is -0.130. The third kappa shape index (κ3) is 5.49. The van der Waals surface area contributed by atoms with Crippen LogP contribution in [0.25, 0.3) is 0 Å². The maximum absolute atomic E-state index is 13.7. The molecule has 23 heavy (non-hydrogen) atoms. The van der Waals surface area contributed by atoms with Gasteiger partial charge in [-0.15, -0.1) is 5.10 Å². The highest BCUT2D eigenvalue weighted by atomic mass is 35.5. The van der Waals surface area contributed by atoms with Gasteiger partial charge in [0.15, 0.2) is 5.82 Å². The van der Waals surface area contributed by atoms with Gasteiger partial charge in [0.2, 0.25) is 0 Å². The predicted molar refractivity (Wildman–Crippen MR) is 86.1 cm³/mol. The molecule has 1 amide bonds. The van der Waals surface area contributed by atoms with E-state index in [1.165, 1.54) is 6.07 Å². The lowest BCUT2D eigenvalue weighted by molar-refractivity contribution is 0.0635. The third-order valence-electron chi connectivity index (χ3n) is 2.74. The van der Waals surface area contributed by atoms with Crippen LogP contribution in [0.5, 0.6) is 0 Å². The Kier molecular flexibility index (Phi) is 5.15. The van der Waals surface area contributed by atoms with Crippen molar-refractivity contribution in [1.29, 1.82) is 0 Å². The first-order chi connectivity index (χ1) is 10.7. The number of nitrogens with one attached hydrogen (secondary N) is 1. The average molecular weight is 338 g/mol. The van der Waals surface area contributed by atoms with Crippen LogP contribution in [0.3, 0.4) is 0 Å². The van der Waals surface area contributed by atoms with Gasteiger partial charge in [0.1, 0.15) is 11.4 Å². The van der Waals surface area contributed by atoms with Crippen molar-refractivity contribution in [2.45, 2.75) is 32.8 Å². The van der Waals surface area contributed by atoms with Gasteiger partial charge in [-0.3, -0.25) is 5.32 Å². The third-order valence-corrected chi connectivity index (χ3v) is 2.97. The van der Waals surface area contributed by atoms with E-state index in [0.717, 1.165) is 0 Å². The molecule has 0 spiro atoms. The molecule has 0 aliphatic carbocycles. The first-order valence-corrected chi connectivity index (χ1v) is 7.37. The summed E-state index contributed by atoms with van der Waals surface area (Å²) in [6, 6.07) is 7.72. The van der Waals surface area contributed by atoms with Crippen molar-refractivity contribution in [3.05, 3.63) is 52.4 Å². The molecule has 0 fully saturated rings. The van der Waals surface area contributed by atoms with Crippen LogP contribution < -0.4 is 5.32 Å². The Morgan fingerprint density at radius 3 is 2.57 bits per heavy atom. The van der Waals surface area contributed by atoms with E-state index in [1.807, 2.05) is 0 Å². The van der Waals surface area contributed by atoms with Gasteiger partial charge in [0, 0.05) is 11.4 Å². The Bertz CT molecular complexity index is 699. The number of ether oxygens (including phenoxy) is 1. The highest BCUT2D eigenvalue weighted by Crippen LogP contribution is 2.17. The predicted octanol–water partition coefficient (Wildman–Crippen LogP) is 4.21. The molecule has 0 aliphatic heterocycles. The summed E-state index contributed by atoms with van der Waals surface area (Å²) in [5, 5.41) is 10.7. The summed E-state index contributed by atoms with van der Waals surface area (Å²) in [6.07, 6.45) is -0.328. The maximum Gasteiger partial charge on any atom is 0.413 e. The van der Waals surface area contributed by atoms with Crippen LogP contribution in [0, 0.1) is 5.82 Å². The van der Waals surface area contributed by atoms with Crippen LogP contribution >= 0.6 is 11.6 Å². The number of carbonyl (C=O) groups is 1. The SMILES string of the molecule is CC(C)(C)OC(=O)Nc1ccc(Cc2ccc(Cl)cc2F)nn1. The molecule has 0 aliphatic rings. The molecule has 5 nitrogen and oxygen atoms in total. The van der Waals surface area contributed by atoms with Crippen molar-refractivity contribution in [3.8, 4) is 0 Å². The van der Waals surface area contributed by atoms with Crippen molar-refractivity contribution >= 4 is 23.5 Å². The Hall–Kier alpha value is -2.21. The number of carbonyl (C=O) groups excluding carboxylic acids is 1. The molecule has 2 aromatic rings. The Labute approximate surface area is 138 Å². The number of amides is 1. The largest absolute Gasteiger partial charge is 0.444 e. The van der Waals surface area contributed by atoms with Crippen molar-refractivity contribution in [2.75, 3.05) is 5.32 Å². The molecule has 0 atom stereocenters. The molecule has 1 N–H and O–H groups in total. The van der Waals surface area contributed by atoms with Gasteiger partial charge in [0.25, 0.3) is 0 Å². The molecule has 2 rings (SSSR count). The Morgan fingerprint density at radius 2 is 2.00 bits per heavy atom. The van der Waals surface area contributed by atoms with Gasteiger partial charge in [-0.25, -0.2) is 9.18 Å². The summed E-state index contributed by atoms with van der Waals surface area (Å²) in [7, 11) is 0. The van der Waals surface area contributed by atoms with Crippen LogP contribution in [0.4, 0.5) is 15.0 Å². The number of benzene rings is 1. The minimum atomic E-state index is -0.608. The van der Waals surface area contributed by atoms with Crippen LogP contribution in [0.15, 0.2) is 30.3 Å². The Morgan fingerprint density at radius 1 is 1.26 bits per heavy atom. The second kappa shape index (κ2) is 6.91. The fraction of sp³-hybridized carbons (Fsp3) is 0.312. The van der Waals surface area contributed by atoms with Gasteiger partial charge in [0.05, 0.1) is 5.69 Å². The average Bonchev–Trinajstić information content (AvgIpc) is 2.42. The van der Waals surface area contributed by atoms with Gasteiger partial charge in [-0.05, 0) is 50.6 Å². The molecular formula is C16H17ClFN3O2. The highest BCUT2D eigenvalue weighted by Gasteiger charge is 2.16. The van der Waals surface area contributed by atoms with Gasteiger partial charge < -0.3 is 4.74 Å². The molecule has 7 heteroatoms. The number of halogens is 2. The monoisotopic (exact) mass is 337 g/mol. The smallest absolute Gasteiger partial charge is 0.413 e. The first kappa shape index (κ1) is 17.1. The number of hydrogen-bond donors (Lipinski definition) is 1.